The highest BCUT2D eigenvalue weighted by atomic mass is 35.5. The van der Waals surface area contributed by atoms with Gasteiger partial charge in [0.2, 0.25) is 5.88 Å². The molecule has 5 nitrogen and oxygen atoms in total. The van der Waals surface area contributed by atoms with Gasteiger partial charge in [-0.15, -0.1) is 10.2 Å². The Hall–Kier alpha value is -1.85. The molecule has 0 spiro atoms. The Kier molecular flexibility index (Phi) is 3.64. The Labute approximate surface area is 112 Å². The van der Waals surface area contributed by atoms with Crippen LogP contribution < -0.4 is 4.74 Å². The Morgan fingerprint density at radius 1 is 1.11 bits per heavy atom. The van der Waals surface area contributed by atoms with Crippen LogP contribution in [0.2, 0.25) is 10.0 Å². The van der Waals surface area contributed by atoms with E-state index in [9.17, 15) is 4.79 Å². The van der Waals surface area contributed by atoms with E-state index in [-0.39, 0.29) is 11.6 Å². The molecule has 0 radical (unpaired) electrons. The fourth-order valence-electron chi connectivity index (χ4n) is 1.20. The summed E-state index contributed by atoms with van der Waals surface area (Å²) in [6, 6.07) is 7.36. The number of benzene rings is 1. The maximum absolute atomic E-state index is 10.6. The summed E-state index contributed by atoms with van der Waals surface area (Å²) in [5, 5.41) is 16.6. The third-order valence-electron chi connectivity index (χ3n) is 1.92. The number of carboxylic acid groups (broad SMARTS) is 1. The number of hydrogen-bond acceptors (Lipinski definition) is 4. The van der Waals surface area contributed by atoms with Crippen molar-refractivity contribution in [3.63, 3.8) is 0 Å². The van der Waals surface area contributed by atoms with Crippen LogP contribution in [-0.4, -0.2) is 21.3 Å². The van der Waals surface area contributed by atoms with Gasteiger partial charge in [-0.25, -0.2) is 4.79 Å². The van der Waals surface area contributed by atoms with E-state index in [1.54, 1.807) is 18.2 Å². The Morgan fingerprint density at radius 2 is 1.78 bits per heavy atom. The molecule has 0 saturated heterocycles. The second kappa shape index (κ2) is 5.20. The first-order valence-electron chi connectivity index (χ1n) is 4.75. The predicted molar refractivity (Wildman–Crippen MR) is 65.5 cm³/mol. The summed E-state index contributed by atoms with van der Waals surface area (Å²) in [5.74, 6) is -0.608. The molecule has 18 heavy (non-hydrogen) atoms. The second-order valence-corrected chi connectivity index (χ2v) is 4.14. The summed E-state index contributed by atoms with van der Waals surface area (Å²) in [6.45, 7) is 0. The lowest BCUT2D eigenvalue weighted by atomic mass is 10.3. The van der Waals surface area contributed by atoms with Gasteiger partial charge in [-0.05, 0) is 24.3 Å². The lowest BCUT2D eigenvalue weighted by Gasteiger charge is -2.05. The van der Waals surface area contributed by atoms with E-state index in [0.717, 1.165) is 0 Å². The molecule has 0 bridgehead atoms. The van der Waals surface area contributed by atoms with Gasteiger partial charge >= 0.3 is 5.97 Å². The van der Waals surface area contributed by atoms with Crippen molar-refractivity contribution in [3.05, 3.63) is 46.1 Å². The zero-order chi connectivity index (χ0) is 13.1. The zero-order valence-corrected chi connectivity index (χ0v) is 10.3. The molecule has 1 aromatic heterocycles. The second-order valence-electron chi connectivity index (χ2n) is 3.27. The van der Waals surface area contributed by atoms with Crippen molar-refractivity contribution in [1.29, 1.82) is 0 Å². The van der Waals surface area contributed by atoms with E-state index in [0.29, 0.717) is 15.8 Å². The molecule has 0 aliphatic rings. The molecule has 0 amide bonds. The van der Waals surface area contributed by atoms with Crippen LogP contribution in [0.25, 0.3) is 0 Å². The molecule has 7 heteroatoms. The van der Waals surface area contributed by atoms with Gasteiger partial charge in [-0.3, -0.25) is 0 Å². The van der Waals surface area contributed by atoms with Gasteiger partial charge in [0.1, 0.15) is 5.75 Å². The Balaban J connectivity index is 2.20. The Bertz CT molecular complexity index is 567. The molecule has 92 valence electrons. The first-order valence-corrected chi connectivity index (χ1v) is 5.51. The van der Waals surface area contributed by atoms with Crippen LogP contribution >= 0.6 is 23.2 Å². The molecule has 0 saturated carbocycles. The molecule has 0 aliphatic carbocycles. The number of aromatic nitrogens is 2. The molecule has 0 fully saturated rings. The largest absolute Gasteiger partial charge is 0.476 e. The summed E-state index contributed by atoms with van der Waals surface area (Å²) in [4.78, 5) is 10.6. The molecule has 2 rings (SSSR count). The molecular formula is C11H6Cl2N2O3. The average molecular weight is 285 g/mol. The van der Waals surface area contributed by atoms with Gasteiger partial charge in [-0.2, -0.15) is 0 Å². The van der Waals surface area contributed by atoms with Crippen molar-refractivity contribution in [2.75, 3.05) is 0 Å². The van der Waals surface area contributed by atoms with E-state index < -0.39 is 5.97 Å². The quantitative estimate of drug-likeness (QED) is 0.936. The number of nitrogens with zero attached hydrogens (tertiary/aromatic N) is 2. The van der Waals surface area contributed by atoms with Crippen LogP contribution in [0, 0.1) is 0 Å². The fourth-order valence-corrected chi connectivity index (χ4v) is 1.70. The van der Waals surface area contributed by atoms with Gasteiger partial charge in [0.15, 0.2) is 5.69 Å². The van der Waals surface area contributed by atoms with E-state index in [2.05, 4.69) is 10.2 Å². The summed E-state index contributed by atoms with van der Waals surface area (Å²) in [5.41, 5.74) is -0.161. The summed E-state index contributed by atoms with van der Waals surface area (Å²) in [6.07, 6.45) is 0. The van der Waals surface area contributed by atoms with Crippen LogP contribution in [0.3, 0.4) is 0 Å². The van der Waals surface area contributed by atoms with Crippen molar-refractivity contribution in [2.24, 2.45) is 0 Å². The molecule has 1 heterocycles. The molecule has 2 aromatic rings. The van der Waals surface area contributed by atoms with Crippen LogP contribution in [0.4, 0.5) is 0 Å². The van der Waals surface area contributed by atoms with E-state index in [4.69, 9.17) is 33.0 Å². The molecular weight excluding hydrogens is 279 g/mol. The maximum Gasteiger partial charge on any atom is 0.356 e. The van der Waals surface area contributed by atoms with Gasteiger partial charge in [0.25, 0.3) is 0 Å². The van der Waals surface area contributed by atoms with Crippen molar-refractivity contribution in [1.82, 2.24) is 10.2 Å². The summed E-state index contributed by atoms with van der Waals surface area (Å²) in [7, 11) is 0. The number of halogens is 2. The number of carbonyl (C=O) groups is 1. The molecule has 1 aromatic carbocycles. The van der Waals surface area contributed by atoms with Crippen molar-refractivity contribution in [2.45, 2.75) is 0 Å². The van der Waals surface area contributed by atoms with Crippen molar-refractivity contribution in [3.8, 4) is 11.6 Å². The van der Waals surface area contributed by atoms with Gasteiger partial charge < -0.3 is 9.84 Å². The van der Waals surface area contributed by atoms with Gasteiger partial charge in [-0.1, -0.05) is 23.2 Å². The number of hydrogen-bond donors (Lipinski definition) is 1. The normalized spacial score (nSPS) is 10.1. The minimum atomic E-state index is -1.15. The van der Waals surface area contributed by atoms with Gasteiger partial charge in [0, 0.05) is 16.1 Å². The van der Waals surface area contributed by atoms with E-state index in [1.807, 2.05) is 0 Å². The zero-order valence-electron chi connectivity index (χ0n) is 8.80. The minimum Gasteiger partial charge on any atom is -0.476 e. The third kappa shape index (κ3) is 3.09. The Morgan fingerprint density at radius 3 is 2.28 bits per heavy atom. The minimum absolute atomic E-state index is 0.151. The van der Waals surface area contributed by atoms with Gasteiger partial charge in [0.05, 0.1) is 0 Å². The third-order valence-corrected chi connectivity index (χ3v) is 2.35. The number of ether oxygens (including phenoxy) is 1. The SMILES string of the molecule is O=C(O)c1ccc(Oc2cc(Cl)cc(Cl)c2)nn1. The molecule has 1 N–H and O–H groups in total. The predicted octanol–water partition coefficient (Wildman–Crippen LogP) is 3.27. The highest BCUT2D eigenvalue weighted by Crippen LogP contribution is 2.27. The van der Waals surface area contributed by atoms with Crippen LogP contribution in [0.1, 0.15) is 10.5 Å². The molecule has 0 atom stereocenters. The lowest BCUT2D eigenvalue weighted by molar-refractivity contribution is 0.0689. The van der Waals surface area contributed by atoms with Crippen molar-refractivity contribution < 1.29 is 14.6 Å². The summed E-state index contributed by atoms with van der Waals surface area (Å²) < 4.78 is 5.34. The van der Waals surface area contributed by atoms with Crippen LogP contribution in [-0.2, 0) is 0 Å². The maximum atomic E-state index is 10.6. The monoisotopic (exact) mass is 284 g/mol. The first kappa shape index (κ1) is 12.6. The number of rotatable bonds is 3. The highest BCUT2D eigenvalue weighted by molar-refractivity contribution is 6.34. The van der Waals surface area contributed by atoms with E-state index >= 15 is 0 Å². The summed E-state index contributed by atoms with van der Waals surface area (Å²) >= 11 is 11.6. The smallest absolute Gasteiger partial charge is 0.356 e. The fraction of sp³-hybridized carbons (Fsp3) is 0. The van der Waals surface area contributed by atoms with Crippen molar-refractivity contribution >= 4 is 29.2 Å². The topological polar surface area (TPSA) is 72.3 Å². The number of aromatic carboxylic acids is 1. The van der Waals surface area contributed by atoms with Crippen LogP contribution in [0.15, 0.2) is 30.3 Å². The molecule has 0 aliphatic heterocycles. The molecule has 0 unspecified atom stereocenters. The first-order chi connectivity index (χ1) is 8.54. The number of carboxylic acids is 1. The standard InChI is InChI=1S/C11H6Cl2N2O3/c12-6-3-7(13)5-8(4-6)18-10-2-1-9(11(16)17)14-15-10/h1-5H,(H,16,17). The lowest BCUT2D eigenvalue weighted by Crippen LogP contribution is -2.02. The van der Waals surface area contributed by atoms with E-state index in [1.165, 1.54) is 12.1 Å². The highest BCUT2D eigenvalue weighted by Gasteiger charge is 2.07. The average Bonchev–Trinajstić information content (AvgIpc) is 2.28. The van der Waals surface area contributed by atoms with Crippen LogP contribution in [0.5, 0.6) is 11.6 Å².